The van der Waals surface area contributed by atoms with Crippen LogP contribution in [0.15, 0.2) is 18.2 Å². The standard InChI is InChI=1S/C36H52F6N6O11/c1-20-26(45-18-34(8,55)29(52)46-19-35(38,39)36(40,41)42)28(51)48(23-17-21(37)9-11-24(23)57-20)15-16-56-30(53)44-14-13-43-27(50)22(47-31(54)59-33(5,6)7)10-12-25(49)58-32(2,3)4/h9,11,17,20,22,26,45,55H,10,12-16,18-19H2,1-8H3,(H,43,50)(H,44,53)(H,46,52)(H,47,54)/t20-,22+,26+,34+/m1/s1. The normalized spacial score (nSPS) is 17.5. The Morgan fingerprint density at radius 2 is 1.49 bits per heavy atom. The molecule has 0 aliphatic carbocycles. The molecular weight excluding hydrogens is 806 g/mol. The van der Waals surface area contributed by atoms with E-state index in [9.17, 15) is 60.2 Å². The highest BCUT2D eigenvalue weighted by atomic mass is 19.4. The number of carbonyl (C=O) groups excluding carboxylic acids is 6. The van der Waals surface area contributed by atoms with E-state index in [0.29, 0.717) is 0 Å². The molecular formula is C36H52F6N6O11. The lowest BCUT2D eigenvalue weighted by atomic mass is 10.0. The molecule has 0 fully saturated rings. The zero-order chi connectivity index (χ0) is 45.1. The lowest BCUT2D eigenvalue weighted by Gasteiger charge is -2.30. The number of halogens is 6. The SMILES string of the molecule is C[C@H]1Oc2ccc(F)cc2N(CCOC(=O)NCCNC(=O)[C@H](CCC(=O)OC(C)(C)C)NC(=O)OC(C)(C)C)C(=O)[C@H]1NC[C@](C)(O)C(=O)NCC(F)(F)C(F)(F)F. The average Bonchev–Trinajstić information content (AvgIpc) is 3.16. The fourth-order valence-electron chi connectivity index (χ4n) is 5.04. The maximum atomic E-state index is 14.4. The number of alkyl carbamates (subject to hydrolysis) is 2. The highest BCUT2D eigenvalue weighted by Crippen LogP contribution is 2.35. The van der Waals surface area contributed by atoms with Crippen LogP contribution in [-0.2, 0) is 33.4 Å². The summed E-state index contributed by atoms with van der Waals surface area (Å²) in [6.45, 7) is 7.78. The number of alkyl halides is 5. The molecule has 0 unspecified atom stereocenters. The van der Waals surface area contributed by atoms with Gasteiger partial charge in [-0.25, -0.2) is 14.0 Å². The molecule has 0 spiro atoms. The molecule has 0 aromatic heterocycles. The number of fused-ring (bicyclic) bond motifs is 1. The Bertz CT molecular complexity index is 1670. The molecule has 5 amide bonds. The first-order chi connectivity index (χ1) is 26.9. The first-order valence-corrected chi connectivity index (χ1v) is 18.3. The molecule has 23 heteroatoms. The maximum absolute atomic E-state index is 14.4. The third kappa shape index (κ3) is 16.6. The Labute approximate surface area is 336 Å². The molecule has 1 aliphatic heterocycles. The zero-order valence-corrected chi connectivity index (χ0v) is 33.9. The quantitative estimate of drug-likeness (QED) is 0.0577. The number of hydrogen-bond acceptors (Lipinski definition) is 12. The van der Waals surface area contributed by atoms with Gasteiger partial charge in [0, 0.05) is 32.1 Å². The van der Waals surface area contributed by atoms with Gasteiger partial charge >= 0.3 is 30.3 Å². The summed E-state index contributed by atoms with van der Waals surface area (Å²) in [6.07, 6.45) is -9.34. The molecule has 334 valence electrons. The molecule has 0 bridgehead atoms. The van der Waals surface area contributed by atoms with Crippen LogP contribution in [0.2, 0.25) is 0 Å². The molecule has 1 heterocycles. The first kappa shape index (κ1) is 50.1. The molecule has 0 radical (unpaired) electrons. The Morgan fingerprint density at radius 3 is 2.08 bits per heavy atom. The number of nitrogens with one attached hydrogen (secondary N) is 5. The Hall–Kier alpha value is -5.06. The van der Waals surface area contributed by atoms with Crippen LogP contribution in [-0.4, -0.2) is 127 Å². The minimum absolute atomic E-state index is 0.00110. The second-order valence-electron chi connectivity index (χ2n) is 15.6. The molecule has 59 heavy (non-hydrogen) atoms. The van der Waals surface area contributed by atoms with Gasteiger partial charge in [-0.2, -0.15) is 22.0 Å². The number of benzene rings is 1. The van der Waals surface area contributed by atoms with E-state index in [-0.39, 0.29) is 37.4 Å². The molecule has 0 saturated heterocycles. The lowest BCUT2D eigenvalue weighted by molar-refractivity contribution is -0.279. The Morgan fingerprint density at radius 1 is 0.881 bits per heavy atom. The van der Waals surface area contributed by atoms with Gasteiger partial charge in [0.1, 0.15) is 47.6 Å². The predicted octanol–water partition coefficient (Wildman–Crippen LogP) is 2.82. The highest BCUT2D eigenvalue weighted by molar-refractivity contribution is 6.00. The summed E-state index contributed by atoms with van der Waals surface area (Å²) in [7, 11) is 0. The summed E-state index contributed by atoms with van der Waals surface area (Å²) < 4.78 is 100. The van der Waals surface area contributed by atoms with E-state index < -0.39 is 115 Å². The fourth-order valence-corrected chi connectivity index (χ4v) is 5.04. The van der Waals surface area contributed by atoms with E-state index in [0.717, 1.165) is 24.0 Å². The summed E-state index contributed by atoms with van der Waals surface area (Å²) in [6, 6.07) is 0.548. The van der Waals surface area contributed by atoms with Crippen LogP contribution in [0.25, 0.3) is 0 Å². The molecule has 6 N–H and O–H groups in total. The van der Waals surface area contributed by atoms with Crippen LogP contribution in [0, 0.1) is 5.82 Å². The van der Waals surface area contributed by atoms with Gasteiger partial charge in [-0.1, -0.05) is 0 Å². The minimum atomic E-state index is -5.97. The van der Waals surface area contributed by atoms with Crippen molar-refractivity contribution in [2.75, 3.05) is 44.2 Å². The van der Waals surface area contributed by atoms with E-state index >= 15 is 0 Å². The third-order valence-electron chi connectivity index (χ3n) is 7.87. The average molecular weight is 859 g/mol. The van der Waals surface area contributed by atoms with Crippen molar-refractivity contribution >= 4 is 41.6 Å². The molecule has 17 nitrogen and oxygen atoms in total. The van der Waals surface area contributed by atoms with Crippen molar-refractivity contribution in [1.82, 2.24) is 26.6 Å². The molecule has 2 rings (SSSR count). The maximum Gasteiger partial charge on any atom is 0.455 e. The molecule has 1 aromatic carbocycles. The monoisotopic (exact) mass is 858 g/mol. The van der Waals surface area contributed by atoms with Crippen molar-refractivity contribution in [3.63, 3.8) is 0 Å². The fraction of sp³-hybridized carbons (Fsp3) is 0.667. The van der Waals surface area contributed by atoms with Crippen LogP contribution in [0.4, 0.5) is 41.6 Å². The molecule has 1 aliphatic rings. The lowest BCUT2D eigenvalue weighted by Crippen LogP contribution is -2.60. The number of esters is 1. The summed E-state index contributed by atoms with van der Waals surface area (Å²) >= 11 is 0. The van der Waals surface area contributed by atoms with Gasteiger partial charge in [-0.15, -0.1) is 0 Å². The highest BCUT2D eigenvalue weighted by Gasteiger charge is 2.57. The van der Waals surface area contributed by atoms with Gasteiger partial charge in [-0.3, -0.25) is 24.5 Å². The third-order valence-corrected chi connectivity index (χ3v) is 7.87. The van der Waals surface area contributed by atoms with Crippen LogP contribution >= 0.6 is 0 Å². The van der Waals surface area contributed by atoms with Gasteiger partial charge in [0.25, 0.3) is 5.91 Å². The van der Waals surface area contributed by atoms with E-state index in [2.05, 4.69) is 21.3 Å². The van der Waals surface area contributed by atoms with Crippen LogP contribution in [0.1, 0.15) is 68.2 Å². The number of amides is 5. The van der Waals surface area contributed by atoms with Gasteiger partial charge in [0.05, 0.1) is 18.8 Å². The van der Waals surface area contributed by atoms with Crippen molar-refractivity contribution in [2.45, 2.75) is 115 Å². The number of ether oxygens (including phenoxy) is 4. The predicted molar refractivity (Wildman–Crippen MR) is 196 cm³/mol. The van der Waals surface area contributed by atoms with Gasteiger partial charge in [0.2, 0.25) is 11.8 Å². The van der Waals surface area contributed by atoms with E-state index in [1.807, 2.05) is 0 Å². The van der Waals surface area contributed by atoms with Crippen molar-refractivity contribution in [3.8, 4) is 5.75 Å². The summed E-state index contributed by atoms with van der Waals surface area (Å²) in [4.78, 5) is 77.2. The summed E-state index contributed by atoms with van der Waals surface area (Å²) in [5.74, 6) is -9.85. The van der Waals surface area contributed by atoms with Crippen molar-refractivity contribution in [1.29, 1.82) is 0 Å². The van der Waals surface area contributed by atoms with Gasteiger partial charge < -0.3 is 50.2 Å². The largest absolute Gasteiger partial charge is 0.486 e. The van der Waals surface area contributed by atoms with Gasteiger partial charge in [-0.05, 0) is 73.9 Å². The molecule has 1 aromatic rings. The summed E-state index contributed by atoms with van der Waals surface area (Å²) in [5.41, 5.74) is -4.38. The van der Waals surface area contributed by atoms with Crippen LogP contribution < -0.4 is 36.2 Å². The number of rotatable bonds is 17. The number of carbonyl (C=O) groups is 6. The minimum Gasteiger partial charge on any atom is -0.486 e. The topological polar surface area (TPSA) is 223 Å². The van der Waals surface area contributed by atoms with E-state index in [4.69, 9.17) is 18.9 Å². The van der Waals surface area contributed by atoms with Crippen molar-refractivity contribution < 1.29 is 79.2 Å². The van der Waals surface area contributed by atoms with Crippen LogP contribution in [0.5, 0.6) is 5.75 Å². The molecule has 4 atom stereocenters. The molecule has 0 saturated carbocycles. The second kappa shape index (κ2) is 20.3. The number of hydrogen-bond donors (Lipinski definition) is 6. The van der Waals surface area contributed by atoms with Crippen LogP contribution in [0.3, 0.4) is 0 Å². The van der Waals surface area contributed by atoms with Crippen molar-refractivity contribution in [3.05, 3.63) is 24.0 Å². The number of anilines is 1. The Balaban J connectivity index is 2.02. The zero-order valence-electron chi connectivity index (χ0n) is 33.9. The number of nitrogens with zero attached hydrogens (tertiary/aromatic N) is 1. The second-order valence-corrected chi connectivity index (χ2v) is 15.6. The van der Waals surface area contributed by atoms with E-state index in [1.165, 1.54) is 18.3 Å². The van der Waals surface area contributed by atoms with E-state index in [1.54, 1.807) is 41.5 Å². The van der Waals surface area contributed by atoms with Crippen molar-refractivity contribution in [2.24, 2.45) is 0 Å². The smallest absolute Gasteiger partial charge is 0.455 e. The Kier molecular flexibility index (Phi) is 17.2. The van der Waals surface area contributed by atoms with Gasteiger partial charge in [0.15, 0.2) is 5.60 Å². The summed E-state index contributed by atoms with van der Waals surface area (Å²) in [5, 5.41) is 21.8. The first-order valence-electron chi connectivity index (χ1n) is 18.3. The number of aliphatic hydroxyl groups is 1.